The van der Waals surface area contributed by atoms with Gasteiger partial charge in [-0.05, 0) is 75.7 Å². The third-order valence-corrected chi connectivity index (χ3v) is 6.30. The number of anilines is 2. The molecule has 0 atom stereocenters. The van der Waals surface area contributed by atoms with Gasteiger partial charge in [-0.3, -0.25) is 9.78 Å². The molecule has 2 aliphatic rings. The molecule has 1 N–H and O–H groups in total. The van der Waals surface area contributed by atoms with E-state index in [0.29, 0.717) is 13.1 Å². The van der Waals surface area contributed by atoms with E-state index in [2.05, 4.69) is 19.9 Å². The van der Waals surface area contributed by atoms with Crippen LogP contribution in [0.25, 0.3) is 0 Å². The van der Waals surface area contributed by atoms with Crippen LogP contribution < -0.4 is 15.0 Å². The quantitative estimate of drug-likeness (QED) is 0.557. The van der Waals surface area contributed by atoms with Gasteiger partial charge in [-0.15, -0.1) is 13.2 Å². The van der Waals surface area contributed by atoms with Crippen molar-refractivity contribution in [2.24, 2.45) is 0 Å². The summed E-state index contributed by atoms with van der Waals surface area (Å²) in [6.07, 6.45) is 0.519. The van der Waals surface area contributed by atoms with Crippen LogP contribution in [0.2, 0.25) is 0 Å². The number of halogens is 3. The Morgan fingerprint density at radius 1 is 1.09 bits per heavy atom. The van der Waals surface area contributed by atoms with Gasteiger partial charge in [0.05, 0.1) is 11.4 Å². The van der Waals surface area contributed by atoms with Gasteiger partial charge in [-0.2, -0.15) is 0 Å². The summed E-state index contributed by atoms with van der Waals surface area (Å²) in [5.41, 5.74) is -0.118. The van der Waals surface area contributed by atoms with E-state index in [-0.39, 0.29) is 17.9 Å². The number of aromatic nitrogens is 1. The fourth-order valence-corrected chi connectivity index (χ4v) is 4.36. The fraction of sp³-hybridized carbons (Fsp3) is 0.458. The number of ether oxygens (including phenoxy) is 1. The lowest BCUT2D eigenvalue weighted by Crippen LogP contribution is -2.43. The molecule has 0 spiro atoms. The van der Waals surface area contributed by atoms with Gasteiger partial charge in [0.15, 0.2) is 5.75 Å². The Morgan fingerprint density at radius 2 is 1.77 bits per heavy atom. The van der Waals surface area contributed by atoms with Crippen LogP contribution in [0.1, 0.15) is 32.3 Å². The van der Waals surface area contributed by atoms with Crippen molar-refractivity contribution >= 4 is 23.3 Å². The standard InChI is InChI=1S/C24H28F3N5O3/c1-23(2)21(33)32(22(34)31(23)16-17-7-9-28-10-8-17)18-5-6-20(35-24(25,26)27)19(15-18)29-11-14-30-12-3-4-13-30/h5-10,15,29H,3-4,11-14,16H2,1-2H3. The fourth-order valence-electron chi connectivity index (χ4n) is 4.36. The van der Waals surface area contributed by atoms with Crippen molar-refractivity contribution in [1.82, 2.24) is 14.8 Å². The third kappa shape index (κ3) is 5.50. The summed E-state index contributed by atoms with van der Waals surface area (Å²) in [5, 5.41) is 2.99. The number of likely N-dealkylation sites (tertiary alicyclic amines) is 1. The molecular weight excluding hydrogens is 463 g/mol. The maximum atomic E-state index is 13.3. The number of rotatable bonds is 8. The van der Waals surface area contributed by atoms with Crippen molar-refractivity contribution in [1.29, 1.82) is 0 Å². The molecule has 4 rings (SSSR count). The number of nitrogens with zero attached hydrogens (tertiary/aromatic N) is 4. The summed E-state index contributed by atoms with van der Waals surface area (Å²) in [5.74, 6) is -0.890. The van der Waals surface area contributed by atoms with E-state index in [1.807, 2.05) is 0 Å². The van der Waals surface area contributed by atoms with E-state index in [1.54, 1.807) is 38.4 Å². The highest BCUT2D eigenvalue weighted by Gasteiger charge is 2.51. The molecule has 8 nitrogen and oxygen atoms in total. The number of alkyl halides is 3. The second kappa shape index (κ2) is 9.73. The van der Waals surface area contributed by atoms with Crippen molar-refractivity contribution in [2.45, 2.75) is 45.1 Å². The van der Waals surface area contributed by atoms with E-state index >= 15 is 0 Å². The number of amides is 3. The van der Waals surface area contributed by atoms with Crippen LogP contribution >= 0.6 is 0 Å². The highest BCUT2D eigenvalue weighted by atomic mass is 19.4. The zero-order valence-electron chi connectivity index (χ0n) is 19.6. The van der Waals surface area contributed by atoms with Crippen LogP contribution in [0.3, 0.4) is 0 Å². The average Bonchev–Trinajstić information content (AvgIpc) is 3.37. The summed E-state index contributed by atoms with van der Waals surface area (Å²) in [7, 11) is 0. The highest BCUT2D eigenvalue weighted by molar-refractivity contribution is 6.23. The molecule has 2 saturated heterocycles. The van der Waals surface area contributed by atoms with Gasteiger partial charge in [0.1, 0.15) is 5.54 Å². The summed E-state index contributed by atoms with van der Waals surface area (Å²) in [4.78, 5) is 35.2. The Hall–Kier alpha value is -3.34. The summed E-state index contributed by atoms with van der Waals surface area (Å²) in [6.45, 7) is 6.42. The van der Waals surface area contributed by atoms with Crippen LogP contribution in [0.15, 0.2) is 42.7 Å². The van der Waals surface area contributed by atoms with Gasteiger partial charge in [0.2, 0.25) is 0 Å². The van der Waals surface area contributed by atoms with E-state index in [0.717, 1.165) is 42.5 Å². The van der Waals surface area contributed by atoms with E-state index < -0.39 is 29.6 Å². The largest absolute Gasteiger partial charge is 0.573 e. The van der Waals surface area contributed by atoms with E-state index in [1.165, 1.54) is 17.0 Å². The number of carbonyl (C=O) groups excluding carboxylic acids is 2. The van der Waals surface area contributed by atoms with Crippen molar-refractivity contribution in [3.8, 4) is 5.75 Å². The van der Waals surface area contributed by atoms with Crippen LogP contribution in [0.5, 0.6) is 5.75 Å². The molecule has 0 bridgehead atoms. The normalized spacial score (nSPS) is 18.4. The molecule has 2 fully saturated rings. The zero-order chi connectivity index (χ0) is 25.2. The van der Waals surface area contributed by atoms with Gasteiger partial charge in [0.25, 0.3) is 5.91 Å². The first-order valence-corrected chi connectivity index (χ1v) is 11.5. The lowest BCUT2D eigenvalue weighted by Gasteiger charge is -2.27. The number of nitrogens with one attached hydrogen (secondary N) is 1. The Bertz CT molecular complexity index is 1070. The van der Waals surface area contributed by atoms with Crippen LogP contribution in [-0.2, 0) is 11.3 Å². The topological polar surface area (TPSA) is 78.0 Å². The van der Waals surface area contributed by atoms with Gasteiger partial charge in [0, 0.05) is 32.0 Å². The number of urea groups is 1. The predicted octanol–water partition coefficient (Wildman–Crippen LogP) is 4.24. The molecule has 1 aromatic carbocycles. The van der Waals surface area contributed by atoms with Crippen molar-refractivity contribution in [2.75, 3.05) is 36.4 Å². The van der Waals surface area contributed by atoms with Crippen LogP contribution in [-0.4, -0.2) is 64.8 Å². The first-order valence-electron chi connectivity index (χ1n) is 11.5. The number of pyridine rings is 1. The number of hydrogen-bond donors (Lipinski definition) is 1. The van der Waals surface area contributed by atoms with Crippen molar-refractivity contribution in [3.63, 3.8) is 0 Å². The number of imide groups is 1. The van der Waals surface area contributed by atoms with Crippen LogP contribution in [0.4, 0.5) is 29.3 Å². The number of carbonyl (C=O) groups is 2. The Balaban J connectivity index is 1.59. The van der Waals surface area contributed by atoms with Crippen molar-refractivity contribution < 1.29 is 27.5 Å². The second-order valence-electron chi connectivity index (χ2n) is 9.13. The van der Waals surface area contributed by atoms with Gasteiger partial charge in [-0.1, -0.05) is 0 Å². The minimum Gasteiger partial charge on any atom is -0.404 e. The lowest BCUT2D eigenvalue weighted by atomic mass is 10.0. The maximum absolute atomic E-state index is 13.3. The first kappa shape index (κ1) is 24.8. The monoisotopic (exact) mass is 491 g/mol. The molecule has 188 valence electrons. The first-order chi connectivity index (χ1) is 16.6. The molecular formula is C24H28F3N5O3. The van der Waals surface area contributed by atoms with Gasteiger partial charge < -0.3 is 19.9 Å². The minimum absolute atomic E-state index is 0.0602. The molecule has 0 aliphatic carbocycles. The Labute approximate surface area is 201 Å². The molecule has 3 heterocycles. The smallest absolute Gasteiger partial charge is 0.404 e. The van der Waals surface area contributed by atoms with E-state index in [9.17, 15) is 22.8 Å². The summed E-state index contributed by atoms with van der Waals surface area (Å²) < 4.78 is 43.1. The molecule has 35 heavy (non-hydrogen) atoms. The Morgan fingerprint density at radius 3 is 2.43 bits per heavy atom. The average molecular weight is 492 g/mol. The van der Waals surface area contributed by atoms with Gasteiger partial charge in [-0.25, -0.2) is 9.69 Å². The predicted molar refractivity (Wildman–Crippen MR) is 124 cm³/mol. The third-order valence-electron chi connectivity index (χ3n) is 6.30. The summed E-state index contributed by atoms with van der Waals surface area (Å²) in [6, 6.07) is 6.72. The highest BCUT2D eigenvalue weighted by Crippen LogP contribution is 2.38. The molecule has 2 aromatic rings. The number of hydrogen-bond acceptors (Lipinski definition) is 6. The molecule has 3 amide bonds. The molecule has 0 radical (unpaired) electrons. The lowest BCUT2D eigenvalue weighted by molar-refractivity contribution is -0.274. The zero-order valence-corrected chi connectivity index (χ0v) is 19.6. The van der Waals surface area contributed by atoms with Crippen LogP contribution in [0, 0.1) is 0 Å². The van der Waals surface area contributed by atoms with Crippen molar-refractivity contribution in [3.05, 3.63) is 48.3 Å². The molecule has 0 saturated carbocycles. The summed E-state index contributed by atoms with van der Waals surface area (Å²) >= 11 is 0. The molecule has 0 unspecified atom stereocenters. The molecule has 11 heteroatoms. The number of benzene rings is 1. The molecule has 2 aliphatic heterocycles. The minimum atomic E-state index is -4.88. The maximum Gasteiger partial charge on any atom is 0.573 e. The van der Waals surface area contributed by atoms with E-state index in [4.69, 9.17) is 0 Å². The molecule has 1 aromatic heterocycles. The second-order valence-corrected chi connectivity index (χ2v) is 9.13. The van der Waals surface area contributed by atoms with Gasteiger partial charge >= 0.3 is 12.4 Å². The Kier molecular flexibility index (Phi) is 6.88. The SMILES string of the molecule is CC1(C)C(=O)N(c2ccc(OC(F)(F)F)c(NCCN3CCCC3)c2)C(=O)N1Cc1ccncc1.